The second kappa shape index (κ2) is 12.6. The van der Waals surface area contributed by atoms with E-state index in [0.29, 0.717) is 13.0 Å². The molecule has 0 saturated heterocycles. The van der Waals surface area contributed by atoms with Gasteiger partial charge < -0.3 is 10.1 Å². The average molecular weight is 448 g/mol. The van der Waals surface area contributed by atoms with Gasteiger partial charge in [-0.2, -0.15) is 0 Å². The average Bonchev–Trinajstić information content (AvgIpc) is 2.74. The molecule has 30 heavy (non-hydrogen) atoms. The minimum atomic E-state index is -0.503. The van der Waals surface area contributed by atoms with Crippen molar-refractivity contribution in [2.24, 2.45) is 0 Å². The Morgan fingerprint density at radius 1 is 0.933 bits per heavy atom. The summed E-state index contributed by atoms with van der Waals surface area (Å²) in [6, 6.07) is 16.4. The van der Waals surface area contributed by atoms with Gasteiger partial charge in [-0.15, -0.1) is 0 Å². The van der Waals surface area contributed by atoms with Gasteiger partial charge in [-0.3, -0.25) is 25.2 Å². The summed E-state index contributed by atoms with van der Waals surface area (Å²) in [6.07, 6.45) is 1.37. The summed E-state index contributed by atoms with van der Waals surface area (Å²) in [5, 5.41) is 2.56. The number of hydrogen-bond donors (Lipinski definition) is 3. The molecular weight excluding hydrogens is 426 g/mol. The summed E-state index contributed by atoms with van der Waals surface area (Å²) in [7, 11) is 0. The first-order valence-corrected chi connectivity index (χ1v) is 10.1. The lowest BCUT2D eigenvalue weighted by Gasteiger charge is -2.11. The van der Waals surface area contributed by atoms with Crippen molar-refractivity contribution in [3.63, 3.8) is 0 Å². The van der Waals surface area contributed by atoms with Gasteiger partial charge in [0.2, 0.25) is 5.91 Å². The van der Waals surface area contributed by atoms with E-state index in [-0.39, 0.29) is 28.5 Å². The Bertz CT molecular complexity index is 893. The molecule has 9 heteroatoms. The first-order chi connectivity index (χ1) is 14.5. The number of carbonyl (C=O) groups excluding carboxylic acids is 3. The van der Waals surface area contributed by atoms with Gasteiger partial charge in [-0.05, 0) is 42.8 Å². The molecular formula is C21H22ClN3O4S. The summed E-state index contributed by atoms with van der Waals surface area (Å²) in [5.41, 5.74) is 6.18. The lowest BCUT2D eigenvalue weighted by molar-refractivity contribution is -0.145. The zero-order valence-corrected chi connectivity index (χ0v) is 17.7. The van der Waals surface area contributed by atoms with Gasteiger partial charge in [-0.25, -0.2) is 0 Å². The zero-order chi connectivity index (χ0) is 21.8. The molecule has 0 heterocycles. The van der Waals surface area contributed by atoms with Crippen LogP contribution in [0.4, 0.5) is 0 Å². The van der Waals surface area contributed by atoms with Gasteiger partial charge in [0.25, 0.3) is 5.91 Å². The van der Waals surface area contributed by atoms with E-state index in [2.05, 4.69) is 16.2 Å². The van der Waals surface area contributed by atoms with Crippen LogP contribution >= 0.6 is 23.8 Å². The molecule has 0 aliphatic heterocycles. The van der Waals surface area contributed by atoms with E-state index in [1.54, 1.807) is 24.3 Å². The van der Waals surface area contributed by atoms with E-state index in [0.717, 1.165) is 6.42 Å². The second-order valence-corrected chi connectivity index (χ2v) is 7.06. The number of amides is 2. The van der Waals surface area contributed by atoms with Crippen LogP contribution in [0, 0.1) is 0 Å². The van der Waals surface area contributed by atoms with Crippen molar-refractivity contribution in [2.45, 2.75) is 25.7 Å². The van der Waals surface area contributed by atoms with Crippen LogP contribution in [0.3, 0.4) is 0 Å². The maximum absolute atomic E-state index is 12.0. The zero-order valence-electron chi connectivity index (χ0n) is 16.2. The standard InChI is InChI=1S/C21H22ClN3O4S/c22-17-11-5-4-10-16(17)20(28)24-25-21(30)23-18(26)12-13-19(27)29-14-6-9-15-7-2-1-3-8-15/h1-5,7-8,10-11H,6,9,12-14H2,(H,24,28)(H2,23,25,26,30). The number of nitrogens with one attached hydrogen (secondary N) is 3. The normalized spacial score (nSPS) is 10.0. The van der Waals surface area contributed by atoms with E-state index in [1.807, 2.05) is 30.3 Å². The number of thiocarbonyl (C=S) groups is 1. The molecule has 2 aromatic rings. The quantitative estimate of drug-likeness (QED) is 0.249. The van der Waals surface area contributed by atoms with Crippen LogP contribution in [0.5, 0.6) is 0 Å². The predicted molar refractivity (Wildman–Crippen MR) is 118 cm³/mol. The smallest absolute Gasteiger partial charge is 0.306 e. The highest BCUT2D eigenvalue weighted by Gasteiger charge is 2.12. The molecule has 0 atom stereocenters. The minimum absolute atomic E-state index is 0.0637. The van der Waals surface area contributed by atoms with Crippen LogP contribution in [0.2, 0.25) is 5.02 Å². The molecule has 0 fully saturated rings. The lowest BCUT2D eigenvalue weighted by atomic mass is 10.1. The van der Waals surface area contributed by atoms with Gasteiger partial charge in [0.15, 0.2) is 5.11 Å². The highest BCUT2D eigenvalue weighted by Crippen LogP contribution is 2.14. The van der Waals surface area contributed by atoms with Gasteiger partial charge in [0.05, 0.1) is 23.6 Å². The SMILES string of the molecule is O=C(CCC(=O)OCCCc1ccccc1)NC(=S)NNC(=O)c1ccccc1Cl. The molecule has 0 bridgehead atoms. The molecule has 0 spiro atoms. The Morgan fingerprint density at radius 3 is 2.37 bits per heavy atom. The van der Waals surface area contributed by atoms with Crippen molar-refractivity contribution in [3.8, 4) is 0 Å². The van der Waals surface area contributed by atoms with E-state index >= 15 is 0 Å². The highest BCUT2D eigenvalue weighted by molar-refractivity contribution is 7.80. The molecule has 0 aliphatic rings. The molecule has 0 aromatic heterocycles. The molecule has 0 unspecified atom stereocenters. The van der Waals surface area contributed by atoms with Crippen molar-refractivity contribution in [3.05, 3.63) is 70.7 Å². The number of halogens is 1. The van der Waals surface area contributed by atoms with E-state index < -0.39 is 17.8 Å². The topological polar surface area (TPSA) is 96.5 Å². The first kappa shape index (κ1) is 23.3. The molecule has 0 saturated carbocycles. The number of aryl methyl sites for hydroxylation is 1. The van der Waals surface area contributed by atoms with E-state index in [9.17, 15) is 14.4 Å². The van der Waals surface area contributed by atoms with Gasteiger partial charge >= 0.3 is 5.97 Å². The van der Waals surface area contributed by atoms with Crippen molar-refractivity contribution in [1.82, 2.24) is 16.2 Å². The predicted octanol–water partition coefficient (Wildman–Crippen LogP) is 2.93. The number of hydrogen-bond acceptors (Lipinski definition) is 5. The van der Waals surface area contributed by atoms with Crippen molar-refractivity contribution in [2.75, 3.05) is 6.61 Å². The number of rotatable bonds is 8. The summed E-state index contributed by atoms with van der Waals surface area (Å²) < 4.78 is 5.12. The van der Waals surface area contributed by atoms with Crippen LogP contribution < -0.4 is 16.2 Å². The molecule has 2 amide bonds. The maximum atomic E-state index is 12.0. The highest BCUT2D eigenvalue weighted by atomic mass is 35.5. The Morgan fingerprint density at radius 2 is 1.63 bits per heavy atom. The van der Waals surface area contributed by atoms with Crippen LogP contribution in [0.25, 0.3) is 0 Å². The molecule has 3 N–H and O–H groups in total. The summed E-state index contributed by atoms with van der Waals surface area (Å²) in [4.78, 5) is 35.6. The fourth-order valence-corrected chi connectivity index (χ4v) is 2.83. The number of carbonyl (C=O) groups is 3. The number of ether oxygens (including phenoxy) is 1. The van der Waals surface area contributed by atoms with Gasteiger partial charge in [0.1, 0.15) is 0 Å². The van der Waals surface area contributed by atoms with Crippen molar-refractivity contribution in [1.29, 1.82) is 0 Å². The van der Waals surface area contributed by atoms with Crippen LogP contribution in [-0.2, 0) is 20.7 Å². The second-order valence-electron chi connectivity index (χ2n) is 6.25. The van der Waals surface area contributed by atoms with E-state index in [1.165, 1.54) is 5.56 Å². The van der Waals surface area contributed by atoms with Crippen LogP contribution in [0.15, 0.2) is 54.6 Å². The van der Waals surface area contributed by atoms with Crippen molar-refractivity contribution < 1.29 is 19.1 Å². The van der Waals surface area contributed by atoms with Crippen LogP contribution in [-0.4, -0.2) is 29.5 Å². The summed E-state index contributed by atoms with van der Waals surface area (Å²) in [6.45, 7) is 0.295. The number of benzene rings is 2. The maximum Gasteiger partial charge on any atom is 0.306 e. The Kier molecular flexibility index (Phi) is 9.76. The van der Waals surface area contributed by atoms with Gasteiger partial charge in [0, 0.05) is 6.42 Å². The third kappa shape index (κ3) is 8.59. The summed E-state index contributed by atoms with van der Waals surface area (Å²) in [5.74, 6) is -1.43. The first-order valence-electron chi connectivity index (χ1n) is 9.30. The van der Waals surface area contributed by atoms with Crippen LogP contribution in [0.1, 0.15) is 35.2 Å². The van der Waals surface area contributed by atoms with Crippen molar-refractivity contribution >= 4 is 46.7 Å². The Hall–Kier alpha value is -2.97. The molecule has 7 nitrogen and oxygen atoms in total. The monoisotopic (exact) mass is 447 g/mol. The third-order valence-electron chi connectivity index (χ3n) is 3.93. The lowest BCUT2D eigenvalue weighted by Crippen LogP contribution is -2.48. The van der Waals surface area contributed by atoms with Gasteiger partial charge in [-0.1, -0.05) is 54.1 Å². The number of hydrazine groups is 1. The third-order valence-corrected chi connectivity index (χ3v) is 4.47. The van der Waals surface area contributed by atoms with E-state index in [4.69, 9.17) is 28.6 Å². The molecule has 158 valence electrons. The number of esters is 1. The molecule has 2 rings (SSSR count). The fourth-order valence-electron chi connectivity index (χ4n) is 2.44. The molecule has 2 aromatic carbocycles. The largest absolute Gasteiger partial charge is 0.466 e. The summed E-state index contributed by atoms with van der Waals surface area (Å²) >= 11 is 10.9. The Labute approximate surface area is 185 Å². The molecule has 0 radical (unpaired) electrons. The minimum Gasteiger partial charge on any atom is -0.466 e. The fraction of sp³-hybridized carbons (Fsp3) is 0.238. The Balaban J connectivity index is 1.58. The molecule has 0 aliphatic carbocycles.